The summed E-state index contributed by atoms with van der Waals surface area (Å²) in [4.78, 5) is 22.0. The van der Waals surface area contributed by atoms with Crippen molar-refractivity contribution in [2.75, 3.05) is 13.1 Å². The van der Waals surface area contributed by atoms with Crippen molar-refractivity contribution in [2.24, 2.45) is 0 Å². The maximum Gasteiger partial charge on any atom is 0.269 e. The predicted molar refractivity (Wildman–Crippen MR) is 75.5 cm³/mol. The van der Waals surface area contributed by atoms with Crippen LogP contribution in [0.3, 0.4) is 0 Å². The number of benzene rings is 1. The van der Waals surface area contributed by atoms with Crippen LogP contribution in [0.1, 0.15) is 24.8 Å². The molecule has 1 saturated heterocycles. The maximum absolute atomic E-state index is 11.8. The smallest absolute Gasteiger partial charge is 0.269 e. The number of piperidine rings is 1. The normalized spacial score (nSPS) is 18.5. The van der Waals surface area contributed by atoms with E-state index in [-0.39, 0.29) is 18.0 Å². The van der Waals surface area contributed by atoms with Crippen molar-refractivity contribution in [3.8, 4) is 0 Å². The molecule has 1 aliphatic heterocycles. The molecular weight excluding hydrogens is 258 g/mol. The van der Waals surface area contributed by atoms with Gasteiger partial charge >= 0.3 is 0 Å². The number of rotatable bonds is 5. The Balaban J connectivity index is 1.81. The molecule has 2 rings (SSSR count). The predicted octanol–water partition coefficient (Wildman–Crippen LogP) is 1.40. The molecule has 108 valence electrons. The van der Waals surface area contributed by atoms with Crippen LogP contribution in [0.25, 0.3) is 0 Å². The van der Waals surface area contributed by atoms with Gasteiger partial charge in [0, 0.05) is 24.7 Å². The first-order valence-electron chi connectivity index (χ1n) is 6.88. The van der Waals surface area contributed by atoms with Crippen LogP contribution in [-0.2, 0) is 11.2 Å². The van der Waals surface area contributed by atoms with Gasteiger partial charge < -0.3 is 10.6 Å². The monoisotopic (exact) mass is 277 g/mol. The summed E-state index contributed by atoms with van der Waals surface area (Å²) in [5.41, 5.74) is 0.678. The zero-order valence-electron chi connectivity index (χ0n) is 11.3. The van der Waals surface area contributed by atoms with Gasteiger partial charge in [0.25, 0.3) is 5.69 Å². The van der Waals surface area contributed by atoms with E-state index < -0.39 is 4.92 Å². The Bertz CT molecular complexity index is 484. The lowest BCUT2D eigenvalue weighted by molar-refractivity contribution is -0.384. The van der Waals surface area contributed by atoms with Crippen LogP contribution in [0.4, 0.5) is 5.69 Å². The van der Waals surface area contributed by atoms with Crippen LogP contribution in [-0.4, -0.2) is 30.0 Å². The van der Waals surface area contributed by atoms with Crippen LogP contribution in [0.15, 0.2) is 24.3 Å². The van der Waals surface area contributed by atoms with E-state index in [4.69, 9.17) is 0 Å². The van der Waals surface area contributed by atoms with Gasteiger partial charge in [-0.15, -0.1) is 0 Å². The second-order valence-electron chi connectivity index (χ2n) is 5.05. The quantitative estimate of drug-likeness (QED) is 0.629. The number of carbonyl (C=O) groups excluding carboxylic acids is 1. The Morgan fingerprint density at radius 1 is 1.45 bits per heavy atom. The topological polar surface area (TPSA) is 84.3 Å². The molecule has 1 amide bonds. The molecule has 0 radical (unpaired) electrons. The van der Waals surface area contributed by atoms with E-state index in [0.717, 1.165) is 13.0 Å². The van der Waals surface area contributed by atoms with E-state index in [0.29, 0.717) is 18.2 Å². The Kier molecular flexibility index (Phi) is 5.06. The highest BCUT2D eigenvalue weighted by molar-refractivity contribution is 5.78. The number of nitro groups is 1. The van der Waals surface area contributed by atoms with Crippen molar-refractivity contribution in [1.82, 2.24) is 10.6 Å². The Morgan fingerprint density at radius 2 is 2.30 bits per heavy atom. The number of amides is 1. The summed E-state index contributed by atoms with van der Waals surface area (Å²) in [6.07, 6.45) is 3.64. The van der Waals surface area contributed by atoms with Gasteiger partial charge in [-0.05, 0) is 24.9 Å². The van der Waals surface area contributed by atoms with Crippen molar-refractivity contribution in [1.29, 1.82) is 0 Å². The standard InChI is InChI=1S/C14H19N3O3/c18-14(16-10-12-5-1-2-7-15-12)9-11-4-3-6-13(8-11)17(19)20/h3-4,6,8,12,15H,1-2,5,7,9-10H2,(H,16,18). The van der Waals surface area contributed by atoms with Gasteiger partial charge in [-0.25, -0.2) is 0 Å². The van der Waals surface area contributed by atoms with Gasteiger partial charge in [-0.3, -0.25) is 14.9 Å². The van der Waals surface area contributed by atoms with Gasteiger partial charge in [-0.1, -0.05) is 18.6 Å². The summed E-state index contributed by atoms with van der Waals surface area (Å²) in [5, 5.41) is 16.9. The largest absolute Gasteiger partial charge is 0.354 e. The zero-order chi connectivity index (χ0) is 14.4. The fraction of sp³-hybridized carbons (Fsp3) is 0.500. The Morgan fingerprint density at radius 3 is 3.00 bits per heavy atom. The Labute approximate surface area is 117 Å². The van der Waals surface area contributed by atoms with Crippen LogP contribution in [0.5, 0.6) is 0 Å². The number of nitrogens with zero attached hydrogens (tertiary/aromatic N) is 1. The highest BCUT2D eigenvalue weighted by atomic mass is 16.6. The third-order valence-corrected chi connectivity index (χ3v) is 3.44. The molecule has 1 aromatic rings. The summed E-state index contributed by atoms with van der Waals surface area (Å²) in [5.74, 6) is -0.0992. The lowest BCUT2D eigenvalue weighted by atomic mass is 10.0. The van der Waals surface area contributed by atoms with E-state index in [1.807, 2.05) is 0 Å². The van der Waals surface area contributed by atoms with E-state index in [2.05, 4.69) is 10.6 Å². The van der Waals surface area contributed by atoms with Crippen molar-refractivity contribution < 1.29 is 9.72 Å². The van der Waals surface area contributed by atoms with Crippen LogP contribution in [0, 0.1) is 10.1 Å². The maximum atomic E-state index is 11.8. The van der Waals surface area contributed by atoms with Gasteiger partial charge in [0.15, 0.2) is 0 Å². The number of carbonyl (C=O) groups is 1. The first kappa shape index (κ1) is 14.5. The number of non-ortho nitro benzene ring substituents is 1. The number of hydrogen-bond acceptors (Lipinski definition) is 4. The minimum absolute atomic E-state index is 0.0178. The molecule has 0 aliphatic carbocycles. The van der Waals surface area contributed by atoms with E-state index in [1.165, 1.54) is 25.0 Å². The molecule has 1 aliphatic rings. The number of hydrogen-bond donors (Lipinski definition) is 2. The van der Waals surface area contributed by atoms with Crippen molar-refractivity contribution in [2.45, 2.75) is 31.7 Å². The highest BCUT2D eigenvalue weighted by Crippen LogP contribution is 2.13. The molecular formula is C14H19N3O3. The van der Waals surface area contributed by atoms with E-state index in [9.17, 15) is 14.9 Å². The summed E-state index contributed by atoms with van der Waals surface area (Å²) in [7, 11) is 0. The molecule has 1 unspecified atom stereocenters. The van der Waals surface area contributed by atoms with Crippen molar-refractivity contribution in [3.05, 3.63) is 39.9 Å². The second-order valence-corrected chi connectivity index (χ2v) is 5.05. The molecule has 0 saturated carbocycles. The van der Waals surface area contributed by atoms with Crippen molar-refractivity contribution >= 4 is 11.6 Å². The molecule has 6 heteroatoms. The Hall–Kier alpha value is -1.95. The molecule has 0 aromatic heterocycles. The summed E-state index contributed by atoms with van der Waals surface area (Å²) in [6, 6.07) is 6.54. The lowest BCUT2D eigenvalue weighted by Gasteiger charge is -2.23. The summed E-state index contributed by atoms with van der Waals surface area (Å²) in [6.45, 7) is 1.62. The van der Waals surface area contributed by atoms with E-state index >= 15 is 0 Å². The van der Waals surface area contributed by atoms with Gasteiger partial charge in [-0.2, -0.15) is 0 Å². The summed E-state index contributed by atoms with van der Waals surface area (Å²) < 4.78 is 0. The third-order valence-electron chi connectivity index (χ3n) is 3.44. The zero-order valence-corrected chi connectivity index (χ0v) is 11.3. The minimum atomic E-state index is -0.451. The molecule has 1 heterocycles. The molecule has 20 heavy (non-hydrogen) atoms. The number of nitro benzene ring substituents is 1. The molecule has 6 nitrogen and oxygen atoms in total. The molecule has 2 N–H and O–H groups in total. The first-order valence-corrected chi connectivity index (χ1v) is 6.88. The van der Waals surface area contributed by atoms with Crippen LogP contribution >= 0.6 is 0 Å². The van der Waals surface area contributed by atoms with Gasteiger partial charge in [0.2, 0.25) is 5.91 Å². The van der Waals surface area contributed by atoms with Crippen LogP contribution in [0.2, 0.25) is 0 Å². The fourth-order valence-electron chi connectivity index (χ4n) is 2.36. The lowest BCUT2D eigenvalue weighted by Crippen LogP contribution is -2.43. The second kappa shape index (κ2) is 7.00. The molecule has 1 aromatic carbocycles. The molecule has 0 bridgehead atoms. The fourth-order valence-corrected chi connectivity index (χ4v) is 2.36. The number of nitrogens with one attached hydrogen (secondary N) is 2. The molecule has 0 spiro atoms. The van der Waals surface area contributed by atoms with Gasteiger partial charge in [0.1, 0.15) is 0 Å². The molecule has 1 atom stereocenters. The van der Waals surface area contributed by atoms with E-state index in [1.54, 1.807) is 12.1 Å². The third kappa shape index (κ3) is 4.31. The minimum Gasteiger partial charge on any atom is -0.354 e. The van der Waals surface area contributed by atoms with Crippen molar-refractivity contribution in [3.63, 3.8) is 0 Å². The average molecular weight is 277 g/mol. The average Bonchev–Trinajstić information content (AvgIpc) is 2.46. The molecule has 1 fully saturated rings. The SMILES string of the molecule is O=C(Cc1cccc([N+](=O)[O-])c1)NCC1CCCCN1. The van der Waals surface area contributed by atoms with Gasteiger partial charge in [0.05, 0.1) is 11.3 Å². The highest BCUT2D eigenvalue weighted by Gasteiger charge is 2.14. The summed E-state index contributed by atoms with van der Waals surface area (Å²) >= 11 is 0. The van der Waals surface area contributed by atoms with Crippen LogP contribution < -0.4 is 10.6 Å². The first-order chi connectivity index (χ1) is 9.65.